The number of piperazine rings is 1. The Bertz CT molecular complexity index is 839. The number of thiophene rings is 1. The van der Waals surface area contributed by atoms with Crippen molar-refractivity contribution in [2.75, 3.05) is 38.7 Å². The molecule has 0 aliphatic carbocycles. The molecule has 2 aliphatic heterocycles. The van der Waals surface area contributed by atoms with Gasteiger partial charge in [-0.15, -0.1) is 11.3 Å². The second-order valence-electron chi connectivity index (χ2n) is 6.39. The number of nitrogens with one attached hydrogen (secondary N) is 2. The van der Waals surface area contributed by atoms with Crippen molar-refractivity contribution < 1.29 is 13.5 Å². The minimum Gasteiger partial charge on any atom is -0.385 e. The summed E-state index contributed by atoms with van der Waals surface area (Å²) in [4.78, 5) is 6.92. The van der Waals surface area contributed by atoms with Crippen LogP contribution in [0.2, 0.25) is 0 Å². The predicted molar refractivity (Wildman–Crippen MR) is 100 cm³/mol. The first-order valence-electron chi connectivity index (χ1n) is 8.55. The van der Waals surface area contributed by atoms with E-state index in [-0.39, 0.29) is 0 Å². The van der Waals surface area contributed by atoms with Gasteiger partial charge in [0.15, 0.2) is 11.6 Å². The quantitative estimate of drug-likeness (QED) is 0.859. The summed E-state index contributed by atoms with van der Waals surface area (Å²) in [6, 6.07) is 4.61. The molecular weight excluding hydrogens is 358 g/mol. The number of rotatable bonds is 3. The highest BCUT2D eigenvalue weighted by Crippen LogP contribution is 2.38. The number of ether oxygens (including phenoxy) is 1. The number of benzene rings is 1. The van der Waals surface area contributed by atoms with Crippen LogP contribution in [0.5, 0.6) is 0 Å². The number of amidine groups is 1. The Morgan fingerprint density at radius 3 is 3.04 bits per heavy atom. The van der Waals surface area contributed by atoms with Gasteiger partial charge in [-0.3, -0.25) is 0 Å². The molecule has 0 saturated carbocycles. The van der Waals surface area contributed by atoms with Gasteiger partial charge in [0.05, 0.1) is 16.9 Å². The topological polar surface area (TPSA) is 48.9 Å². The Morgan fingerprint density at radius 1 is 1.35 bits per heavy atom. The summed E-state index contributed by atoms with van der Waals surface area (Å²) in [6.45, 7) is 3.12. The molecule has 1 aromatic carbocycles. The van der Waals surface area contributed by atoms with Gasteiger partial charge in [0.1, 0.15) is 10.8 Å². The van der Waals surface area contributed by atoms with Gasteiger partial charge in [0, 0.05) is 51.5 Å². The lowest BCUT2D eigenvalue weighted by Gasteiger charge is -2.35. The number of aliphatic imine (C=N–C) groups is 1. The molecule has 2 N–H and O–H groups in total. The molecule has 1 saturated heterocycles. The highest BCUT2D eigenvalue weighted by molar-refractivity contribution is 7.14. The molecule has 2 aliphatic rings. The molecule has 1 fully saturated rings. The predicted octanol–water partition coefficient (Wildman–Crippen LogP) is 3.47. The molecule has 1 atom stereocenters. The molecule has 3 heterocycles. The van der Waals surface area contributed by atoms with Gasteiger partial charge >= 0.3 is 0 Å². The van der Waals surface area contributed by atoms with Crippen LogP contribution < -0.4 is 10.6 Å². The van der Waals surface area contributed by atoms with Crippen molar-refractivity contribution in [3.05, 3.63) is 40.8 Å². The zero-order chi connectivity index (χ0) is 18.1. The van der Waals surface area contributed by atoms with Crippen LogP contribution in [0.1, 0.15) is 12.0 Å². The molecule has 8 heteroatoms. The van der Waals surface area contributed by atoms with Crippen LogP contribution in [-0.4, -0.2) is 50.1 Å². The van der Waals surface area contributed by atoms with Crippen molar-refractivity contribution >= 4 is 33.5 Å². The summed E-state index contributed by atoms with van der Waals surface area (Å²) in [5, 5.41) is 9.56. The van der Waals surface area contributed by atoms with Gasteiger partial charge < -0.3 is 20.3 Å². The molecule has 1 aromatic heterocycles. The largest absolute Gasteiger partial charge is 0.385 e. The lowest BCUT2D eigenvalue weighted by Crippen LogP contribution is -2.53. The molecular formula is C18H20F2N4OS. The van der Waals surface area contributed by atoms with Crippen LogP contribution in [-0.2, 0) is 4.74 Å². The Balaban J connectivity index is 1.71. The van der Waals surface area contributed by atoms with Crippen molar-refractivity contribution in [2.24, 2.45) is 4.99 Å². The highest BCUT2D eigenvalue weighted by Gasteiger charge is 2.27. The van der Waals surface area contributed by atoms with Crippen molar-refractivity contribution in [3.63, 3.8) is 0 Å². The van der Waals surface area contributed by atoms with E-state index in [4.69, 9.17) is 9.73 Å². The maximum Gasteiger partial charge on any atom is 0.161 e. The molecule has 0 bridgehead atoms. The number of halogens is 2. The van der Waals surface area contributed by atoms with E-state index in [1.54, 1.807) is 7.11 Å². The molecule has 0 spiro atoms. The third-order valence-electron chi connectivity index (χ3n) is 4.64. The summed E-state index contributed by atoms with van der Waals surface area (Å²) in [5.41, 5.74) is 1.85. The number of anilines is 2. The van der Waals surface area contributed by atoms with Gasteiger partial charge in [-0.05, 0) is 17.9 Å². The van der Waals surface area contributed by atoms with E-state index in [0.29, 0.717) is 24.0 Å². The summed E-state index contributed by atoms with van der Waals surface area (Å²) in [6.07, 6.45) is 0.908. The molecule has 0 unspecified atom stereocenters. The highest BCUT2D eigenvalue weighted by atomic mass is 32.1. The van der Waals surface area contributed by atoms with Gasteiger partial charge in [-0.25, -0.2) is 13.8 Å². The normalized spacial score (nSPS) is 19.3. The van der Waals surface area contributed by atoms with Crippen LogP contribution in [0.3, 0.4) is 0 Å². The minimum absolute atomic E-state index is 0.300. The van der Waals surface area contributed by atoms with Gasteiger partial charge in [-0.2, -0.15) is 0 Å². The SMILES string of the molecule is COCC[C@H]1CN(C2=Nc3cc(F)c(F)cc3Nc3sccc32)CCN1. The van der Waals surface area contributed by atoms with Crippen LogP contribution in [0, 0.1) is 11.6 Å². The second kappa shape index (κ2) is 7.30. The molecule has 26 heavy (non-hydrogen) atoms. The fourth-order valence-corrected chi connectivity index (χ4v) is 4.12. The van der Waals surface area contributed by atoms with Crippen LogP contribution in [0.4, 0.5) is 25.2 Å². The van der Waals surface area contributed by atoms with E-state index >= 15 is 0 Å². The van der Waals surface area contributed by atoms with Gasteiger partial charge in [0.25, 0.3) is 0 Å². The first kappa shape index (κ1) is 17.4. The van der Waals surface area contributed by atoms with E-state index in [0.717, 1.165) is 48.5 Å². The maximum atomic E-state index is 13.8. The minimum atomic E-state index is -0.891. The molecule has 2 aromatic rings. The van der Waals surface area contributed by atoms with Crippen LogP contribution in [0.15, 0.2) is 28.6 Å². The molecule has 5 nitrogen and oxygen atoms in total. The lowest BCUT2D eigenvalue weighted by atomic mass is 10.1. The second-order valence-corrected chi connectivity index (χ2v) is 7.30. The summed E-state index contributed by atoms with van der Waals surface area (Å²) in [5.74, 6) is -0.977. The van der Waals surface area contributed by atoms with E-state index < -0.39 is 11.6 Å². The summed E-state index contributed by atoms with van der Waals surface area (Å²) >= 11 is 1.52. The fourth-order valence-electron chi connectivity index (χ4n) is 3.32. The van der Waals surface area contributed by atoms with Gasteiger partial charge in [-0.1, -0.05) is 0 Å². The third-order valence-corrected chi connectivity index (χ3v) is 5.47. The van der Waals surface area contributed by atoms with Crippen molar-refractivity contribution in [2.45, 2.75) is 12.5 Å². The monoisotopic (exact) mass is 378 g/mol. The molecule has 0 amide bonds. The third kappa shape index (κ3) is 3.32. The summed E-state index contributed by atoms with van der Waals surface area (Å²) in [7, 11) is 1.70. The number of nitrogens with zero attached hydrogens (tertiary/aromatic N) is 2. The average molecular weight is 378 g/mol. The number of hydrogen-bond donors (Lipinski definition) is 2. The molecule has 0 radical (unpaired) electrons. The van der Waals surface area contributed by atoms with E-state index in [9.17, 15) is 8.78 Å². The zero-order valence-electron chi connectivity index (χ0n) is 14.4. The first-order valence-corrected chi connectivity index (χ1v) is 9.43. The van der Waals surface area contributed by atoms with Crippen LogP contribution >= 0.6 is 11.3 Å². The van der Waals surface area contributed by atoms with E-state index in [2.05, 4.69) is 15.5 Å². The van der Waals surface area contributed by atoms with Crippen molar-refractivity contribution in [3.8, 4) is 0 Å². The van der Waals surface area contributed by atoms with Crippen molar-refractivity contribution in [1.82, 2.24) is 10.2 Å². The number of hydrogen-bond acceptors (Lipinski definition) is 6. The Kier molecular flexibility index (Phi) is 4.88. The number of fused-ring (bicyclic) bond motifs is 2. The van der Waals surface area contributed by atoms with Crippen molar-refractivity contribution in [1.29, 1.82) is 0 Å². The smallest absolute Gasteiger partial charge is 0.161 e. The molecule has 138 valence electrons. The van der Waals surface area contributed by atoms with Crippen LogP contribution in [0.25, 0.3) is 0 Å². The molecule has 4 rings (SSSR count). The maximum absolute atomic E-state index is 13.8. The fraction of sp³-hybridized carbons (Fsp3) is 0.389. The van der Waals surface area contributed by atoms with E-state index in [1.807, 2.05) is 11.4 Å². The van der Waals surface area contributed by atoms with Gasteiger partial charge in [0.2, 0.25) is 0 Å². The first-order chi connectivity index (χ1) is 12.7. The van der Waals surface area contributed by atoms with E-state index in [1.165, 1.54) is 17.4 Å². The Hall–Kier alpha value is -2.03. The lowest BCUT2D eigenvalue weighted by molar-refractivity contribution is 0.168. The summed E-state index contributed by atoms with van der Waals surface area (Å²) < 4.78 is 32.6. The Morgan fingerprint density at radius 2 is 2.19 bits per heavy atom. The average Bonchev–Trinajstić information content (AvgIpc) is 3.04. The number of methoxy groups -OCH3 is 1. The Labute approximate surface area is 154 Å². The standard InChI is InChI=1S/C18H20F2N4OS/c1-25-6-2-11-10-24(5-4-21-11)17-12-3-7-26-18(12)23-16-9-14(20)13(19)8-15(16)22-17/h3,7-9,11,21,23H,2,4-6,10H2,1H3/t11-/m0/s1. The zero-order valence-corrected chi connectivity index (χ0v) is 15.2.